The summed E-state index contributed by atoms with van der Waals surface area (Å²) >= 11 is 0. The van der Waals surface area contributed by atoms with Crippen LogP contribution in [0, 0.1) is 0 Å². The van der Waals surface area contributed by atoms with Crippen LogP contribution in [0.2, 0.25) is 0 Å². The zero-order valence-corrected chi connectivity index (χ0v) is 11.6. The first-order valence-corrected chi connectivity index (χ1v) is 6.36. The fourth-order valence-corrected chi connectivity index (χ4v) is 1.96. The number of ether oxygens (including phenoxy) is 1. The van der Waals surface area contributed by atoms with E-state index < -0.39 is 0 Å². The molecular weight excluding hydrogens is 244 g/mol. The van der Waals surface area contributed by atoms with Crippen LogP contribution < -0.4 is 10.5 Å². The standard InChI is InChI=1S/C12H20N6O/c1-4-5-6-17(2)8-18-11-9(16-12(18)19-3)10(13)14-7-15-11/h7H,4-6,8H2,1-3H3,(H2,13,14,15). The molecule has 0 aromatic carbocycles. The number of hydrogen-bond donors (Lipinski definition) is 1. The van der Waals surface area contributed by atoms with Crippen LogP contribution in [0.3, 0.4) is 0 Å². The number of anilines is 1. The summed E-state index contributed by atoms with van der Waals surface area (Å²) in [5.41, 5.74) is 7.10. The van der Waals surface area contributed by atoms with E-state index in [0.717, 1.165) is 13.0 Å². The predicted octanol–water partition coefficient (Wildman–Crippen LogP) is 1.11. The number of unbranched alkanes of at least 4 members (excludes halogenated alkanes) is 1. The minimum atomic E-state index is 0.373. The molecule has 2 rings (SSSR count). The Hall–Kier alpha value is -1.89. The molecule has 0 spiro atoms. The van der Waals surface area contributed by atoms with Crippen molar-refractivity contribution in [1.82, 2.24) is 24.4 Å². The maximum absolute atomic E-state index is 5.81. The van der Waals surface area contributed by atoms with Crippen LogP contribution in [0.15, 0.2) is 6.33 Å². The van der Waals surface area contributed by atoms with E-state index in [1.807, 2.05) is 4.57 Å². The van der Waals surface area contributed by atoms with E-state index in [-0.39, 0.29) is 0 Å². The van der Waals surface area contributed by atoms with Gasteiger partial charge in [0.1, 0.15) is 6.33 Å². The number of hydrogen-bond acceptors (Lipinski definition) is 6. The van der Waals surface area contributed by atoms with Crippen molar-refractivity contribution >= 4 is 17.0 Å². The highest BCUT2D eigenvalue weighted by Gasteiger charge is 2.16. The fourth-order valence-electron chi connectivity index (χ4n) is 1.96. The third-order valence-corrected chi connectivity index (χ3v) is 2.98. The van der Waals surface area contributed by atoms with E-state index >= 15 is 0 Å². The summed E-state index contributed by atoms with van der Waals surface area (Å²) in [6.45, 7) is 3.85. The molecule has 2 heterocycles. The first-order chi connectivity index (χ1) is 9.17. The SMILES string of the molecule is CCCCN(C)Cn1c(OC)nc2c(N)ncnc21. The molecule has 2 aromatic heterocycles. The summed E-state index contributed by atoms with van der Waals surface area (Å²) in [4.78, 5) is 14.7. The number of imidazole rings is 1. The Kier molecular flexibility index (Phi) is 4.16. The Labute approximate surface area is 112 Å². The van der Waals surface area contributed by atoms with Gasteiger partial charge in [0.05, 0.1) is 13.8 Å². The lowest BCUT2D eigenvalue weighted by molar-refractivity contribution is 0.245. The first-order valence-electron chi connectivity index (χ1n) is 6.36. The van der Waals surface area contributed by atoms with Gasteiger partial charge in [-0.1, -0.05) is 13.3 Å². The molecule has 19 heavy (non-hydrogen) atoms. The molecule has 104 valence electrons. The van der Waals surface area contributed by atoms with Crippen LogP contribution in [0.1, 0.15) is 19.8 Å². The van der Waals surface area contributed by atoms with E-state index in [1.54, 1.807) is 7.11 Å². The molecule has 0 saturated carbocycles. The van der Waals surface area contributed by atoms with Gasteiger partial charge in [-0.2, -0.15) is 4.98 Å². The number of aromatic nitrogens is 4. The lowest BCUT2D eigenvalue weighted by Gasteiger charge is -2.17. The van der Waals surface area contributed by atoms with Gasteiger partial charge in [-0.3, -0.25) is 9.47 Å². The van der Waals surface area contributed by atoms with Crippen molar-refractivity contribution in [2.75, 3.05) is 26.4 Å². The minimum absolute atomic E-state index is 0.373. The van der Waals surface area contributed by atoms with Gasteiger partial charge in [0.15, 0.2) is 17.0 Å². The second kappa shape index (κ2) is 5.83. The molecule has 0 radical (unpaired) electrons. The van der Waals surface area contributed by atoms with Crippen LogP contribution in [0.25, 0.3) is 11.2 Å². The highest BCUT2D eigenvalue weighted by Crippen LogP contribution is 2.22. The third kappa shape index (κ3) is 2.76. The monoisotopic (exact) mass is 264 g/mol. The molecule has 2 aromatic rings. The molecule has 7 nitrogen and oxygen atoms in total. The Morgan fingerprint density at radius 2 is 2.21 bits per heavy atom. The largest absolute Gasteiger partial charge is 0.468 e. The average Bonchev–Trinajstić information content (AvgIpc) is 2.76. The topological polar surface area (TPSA) is 82.1 Å². The van der Waals surface area contributed by atoms with Crippen molar-refractivity contribution in [3.8, 4) is 6.01 Å². The summed E-state index contributed by atoms with van der Waals surface area (Å²) in [6.07, 6.45) is 3.77. The summed E-state index contributed by atoms with van der Waals surface area (Å²) in [6, 6.07) is 0.505. The molecule has 0 saturated heterocycles. The average molecular weight is 264 g/mol. The number of nitrogens with two attached hydrogens (primary N) is 1. The quantitative estimate of drug-likeness (QED) is 0.841. The number of rotatable bonds is 6. The van der Waals surface area contributed by atoms with Gasteiger partial charge in [0.2, 0.25) is 0 Å². The van der Waals surface area contributed by atoms with Crippen LogP contribution in [0.5, 0.6) is 6.01 Å². The van der Waals surface area contributed by atoms with Gasteiger partial charge in [-0.15, -0.1) is 0 Å². The maximum Gasteiger partial charge on any atom is 0.299 e. The van der Waals surface area contributed by atoms with E-state index in [4.69, 9.17) is 10.5 Å². The van der Waals surface area contributed by atoms with Crippen molar-refractivity contribution in [3.63, 3.8) is 0 Å². The van der Waals surface area contributed by atoms with E-state index in [1.165, 1.54) is 12.7 Å². The molecule has 0 aliphatic heterocycles. The van der Waals surface area contributed by atoms with Crippen molar-refractivity contribution in [2.45, 2.75) is 26.4 Å². The zero-order valence-electron chi connectivity index (χ0n) is 11.6. The van der Waals surface area contributed by atoms with Gasteiger partial charge in [0.25, 0.3) is 6.01 Å². The molecule has 0 atom stereocenters. The molecule has 0 amide bonds. The maximum atomic E-state index is 5.81. The Bertz CT molecular complexity index is 552. The number of fused-ring (bicyclic) bond motifs is 1. The van der Waals surface area contributed by atoms with Crippen molar-refractivity contribution in [1.29, 1.82) is 0 Å². The molecule has 0 aliphatic rings. The van der Waals surface area contributed by atoms with Crippen LogP contribution in [0.4, 0.5) is 5.82 Å². The third-order valence-electron chi connectivity index (χ3n) is 2.98. The smallest absolute Gasteiger partial charge is 0.299 e. The lowest BCUT2D eigenvalue weighted by Crippen LogP contribution is -2.23. The molecule has 7 heteroatoms. The molecule has 0 unspecified atom stereocenters. The normalized spacial score (nSPS) is 11.4. The summed E-state index contributed by atoms with van der Waals surface area (Å²) in [5.74, 6) is 0.373. The first kappa shape index (κ1) is 13.5. The van der Waals surface area contributed by atoms with Crippen LogP contribution >= 0.6 is 0 Å². The highest BCUT2D eigenvalue weighted by molar-refractivity contribution is 5.82. The van der Waals surface area contributed by atoms with Gasteiger partial charge in [-0.05, 0) is 20.0 Å². The second-order valence-electron chi connectivity index (χ2n) is 4.53. The molecule has 0 aliphatic carbocycles. The summed E-state index contributed by atoms with van der Waals surface area (Å²) in [5, 5.41) is 0. The minimum Gasteiger partial charge on any atom is -0.468 e. The molecule has 2 N–H and O–H groups in total. The molecular formula is C12H20N6O. The van der Waals surface area contributed by atoms with Crippen LogP contribution in [-0.2, 0) is 6.67 Å². The highest BCUT2D eigenvalue weighted by atomic mass is 16.5. The fraction of sp³-hybridized carbons (Fsp3) is 0.583. The van der Waals surface area contributed by atoms with E-state index in [0.29, 0.717) is 29.7 Å². The number of methoxy groups -OCH3 is 1. The van der Waals surface area contributed by atoms with E-state index in [2.05, 4.69) is 33.8 Å². The summed E-state index contributed by atoms with van der Waals surface area (Å²) < 4.78 is 7.20. The Morgan fingerprint density at radius 1 is 1.42 bits per heavy atom. The Balaban J connectivity index is 2.32. The number of nitrogen functional groups attached to an aromatic ring is 1. The molecule has 0 bridgehead atoms. The van der Waals surface area contributed by atoms with Crippen molar-refractivity contribution < 1.29 is 4.74 Å². The lowest BCUT2D eigenvalue weighted by atomic mass is 10.3. The van der Waals surface area contributed by atoms with Crippen LogP contribution in [-0.4, -0.2) is 45.1 Å². The van der Waals surface area contributed by atoms with Crippen molar-refractivity contribution in [2.24, 2.45) is 0 Å². The summed E-state index contributed by atoms with van der Waals surface area (Å²) in [7, 11) is 3.65. The van der Waals surface area contributed by atoms with Gasteiger partial charge < -0.3 is 10.5 Å². The van der Waals surface area contributed by atoms with Gasteiger partial charge in [0, 0.05) is 0 Å². The number of nitrogens with zero attached hydrogens (tertiary/aromatic N) is 5. The van der Waals surface area contributed by atoms with Gasteiger partial charge in [-0.25, -0.2) is 9.97 Å². The van der Waals surface area contributed by atoms with Crippen molar-refractivity contribution in [3.05, 3.63) is 6.33 Å². The zero-order chi connectivity index (χ0) is 13.8. The molecule has 0 fully saturated rings. The van der Waals surface area contributed by atoms with E-state index in [9.17, 15) is 0 Å². The Morgan fingerprint density at radius 3 is 2.89 bits per heavy atom. The second-order valence-corrected chi connectivity index (χ2v) is 4.53. The predicted molar refractivity (Wildman–Crippen MR) is 73.8 cm³/mol. The van der Waals surface area contributed by atoms with Gasteiger partial charge >= 0.3 is 0 Å².